The van der Waals surface area contributed by atoms with Gasteiger partial charge in [-0.3, -0.25) is 10.1 Å². The van der Waals surface area contributed by atoms with Crippen molar-refractivity contribution in [3.05, 3.63) is 46.3 Å². The molecule has 0 spiro atoms. The van der Waals surface area contributed by atoms with Crippen LogP contribution in [-0.2, 0) is 0 Å². The van der Waals surface area contributed by atoms with Gasteiger partial charge in [0.25, 0.3) is 0 Å². The smallest absolute Gasteiger partial charge is 0.235 e. The number of aromatic amines is 1. The third-order valence-electron chi connectivity index (χ3n) is 2.38. The molecule has 17 heavy (non-hydrogen) atoms. The first-order valence-corrected chi connectivity index (χ1v) is 5.27. The summed E-state index contributed by atoms with van der Waals surface area (Å²) in [6.45, 7) is 2.49. The molecule has 0 bridgehead atoms. The van der Waals surface area contributed by atoms with Crippen molar-refractivity contribution in [1.82, 2.24) is 4.98 Å². The van der Waals surface area contributed by atoms with E-state index in [4.69, 9.17) is 4.74 Å². The van der Waals surface area contributed by atoms with Gasteiger partial charge in [-0.25, -0.2) is 0 Å². The molecule has 0 radical (unpaired) electrons. The van der Waals surface area contributed by atoms with E-state index >= 15 is 0 Å². The van der Waals surface area contributed by atoms with Crippen molar-refractivity contribution >= 4 is 17.0 Å². The highest BCUT2D eigenvalue weighted by atomic mass is 16.6. The fraction of sp³-hybridized carbons (Fsp3) is 0.167. The Hall–Kier alpha value is -2.30. The molecule has 1 aromatic heterocycles. The third kappa shape index (κ3) is 2.28. The van der Waals surface area contributed by atoms with E-state index in [1.54, 1.807) is 6.20 Å². The van der Waals surface area contributed by atoms with Gasteiger partial charge in [0.15, 0.2) is 0 Å². The molecule has 1 aromatic carbocycles. The summed E-state index contributed by atoms with van der Waals surface area (Å²) in [6.07, 6.45) is 4.12. The van der Waals surface area contributed by atoms with Crippen LogP contribution in [0.4, 0.5) is 0 Å². The largest absolute Gasteiger partial charge is 0.492 e. The van der Waals surface area contributed by atoms with Crippen LogP contribution in [0.5, 0.6) is 5.75 Å². The van der Waals surface area contributed by atoms with Crippen molar-refractivity contribution in [3.8, 4) is 5.75 Å². The molecule has 0 aliphatic rings. The van der Waals surface area contributed by atoms with Crippen molar-refractivity contribution in [2.75, 3.05) is 6.61 Å². The van der Waals surface area contributed by atoms with Crippen LogP contribution in [-0.4, -0.2) is 16.5 Å². The lowest BCUT2D eigenvalue weighted by molar-refractivity contribution is -0.400. The molecule has 0 saturated carbocycles. The molecule has 0 fully saturated rings. The fourth-order valence-corrected chi connectivity index (χ4v) is 1.70. The second-order valence-corrected chi connectivity index (χ2v) is 3.46. The average Bonchev–Trinajstić information content (AvgIpc) is 2.71. The maximum atomic E-state index is 10.3. The minimum absolute atomic E-state index is 0.481. The van der Waals surface area contributed by atoms with Gasteiger partial charge in [0, 0.05) is 23.2 Å². The molecule has 0 saturated heterocycles. The predicted molar refractivity (Wildman–Crippen MR) is 65.5 cm³/mol. The van der Waals surface area contributed by atoms with Crippen LogP contribution in [0.3, 0.4) is 0 Å². The second kappa shape index (κ2) is 4.69. The Balaban J connectivity index is 2.47. The Kier molecular flexibility index (Phi) is 3.09. The Labute approximate surface area is 97.9 Å². The first-order valence-electron chi connectivity index (χ1n) is 5.27. The van der Waals surface area contributed by atoms with Crippen LogP contribution < -0.4 is 4.74 Å². The van der Waals surface area contributed by atoms with E-state index in [1.165, 1.54) is 6.08 Å². The van der Waals surface area contributed by atoms with Crippen LogP contribution >= 0.6 is 0 Å². The summed E-state index contributed by atoms with van der Waals surface area (Å²) >= 11 is 0. The fourth-order valence-electron chi connectivity index (χ4n) is 1.70. The average molecular weight is 232 g/mol. The molecular formula is C12H12N2O3. The standard InChI is InChI=1S/C12H12N2O3/c1-2-17-11-5-3-4-10-9(6-7-14(15)16)8-13-12(10)11/h3-8,13H,2H2,1H3. The van der Waals surface area contributed by atoms with Crippen molar-refractivity contribution in [2.45, 2.75) is 6.92 Å². The van der Waals surface area contributed by atoms with Crippen LogP contribution in [0, 0.1) is 10.1 Å². The SMILES string of the molecule is CCOc1cccc2c(C=C[N+](=O)[O-])c[nH]c12. The van der Waals surface area contributed by atoms with Gasteiger partial charge >= 0.3 is 0 Å². The van der Waals surface area contributed by atoms with Gasteiger partial charge in [-0.05, 0) is 13.0 Å². The lowest BCUT2D eigenvalue weighted by Crippen LogP contribution is -1.91. The number of hydrogen-bond donors (Lipinski definition) is 1. The summed E-state index contributed by atoms with van der Waals surface area (Å²) in [5.74, 6) is 0.755. The number of H-pyrrole nitrogens is 1. The highest BCUT2D eigenvalue weighted by Gasteiger charge is 2.06. The molecule has 2 rings (SSSR count). The topological polar surface area (TPSA) is 68.2 Å². The van der Waals surface area contributed by atoms with Gasteiger partial charge in [0.1, 0.15) is 5.75 Å². The highest BCUT2D eigenvalue weighted by molar-refractivity contribution is 5.92. The predicted octanol–water partition coefficient (Wildman–Crippen LogP) is 2.81. The molecular weight excluding hydrogens is 220 g/mol. The van der Waals surface area contributed by atoms with E-state index in [0.717, 1.165) is 28.4 Å². The van der Waals surface area contributed by atoms with Gasteiger partial charge in [-0.2, -0.15) is 0 Å². The van der Waals surface area contributed by atoms with Crippen LogP contribution in [0.1, 0.15) is 12.5 Å². The summed E-state index contributed by atoms with van der Waals surface area (Å²) in [5.41, 5.74) is 1.63. The zero-order chi connectivity index (χ0) is 12.3. The minimum Gasteiger partial charge on any atom is -0.492 e. The van der Waals surface area contributed by atoms with Crippen LogP contribution in [0.15, 0.2) is 30.6 Å². The summed E-state index contributed by atoms with van der Waals surface area (Å²) in [7, 11) is 0. The number of nitro groups is 1. The summed E-state index contributed by atoms with van der Waals surface area (Å²) < 4.78 is 5.47. The number of fused-ring (bicyclic) bond motifs is 1. The Morgan fingerprint density at radius 2 is 2.35 bits per heavy atom. The minimum atomic E-state index is -0.481. The van der Waals surface area contributed by atoms with Crippen LogP contribution in [0.25, 0.3) is 17.0 Å². The molecule has 1 heterocycles. The number of hydrogen-bond acceptors (Lipinski definition) is 3. The Morgan fingerprint density at radius 3 is 3.06 bits per heavy atom. The van der Waals surface area contributed by atoms with Gasteiger partial charge in [0.2, 0.25) is 6.20 Å². The van der Waals surface area contributed by atoms with Crippen LogP contribution in [0.2, 0.25) is 0 Å². The Morgan fingerprint density at radius 1 is 1.53 bits per heavy atom. The van der Waals surface area contributed by atoms with Gasteiger partial charge in [-0.15, -0.1) is 0 Å². The van der Waals surface area contributed by atoms with E-state index in [-0.39, 0.29) is 0 Å². The zero-order valence-electron chi connectivity index (χ0n) is 9.34. The first-order chi connectivity index (χ1) is 8.22. The first kappa shape index (κ1) is 11.2. The van der Waals surface area contributed by atoms with E-state index in [1.807, 2.05) is 25.1 Å². The molecule has 0 amide bonds. The summed E-state index contributed by atoms with van der Waals surface area (Å²) in [4.78, 5) is 12.9. The normalized spacial score (nSPS) is 11.1. The number of rotatable bonds is 4. The number of benzene rings is 1. The van der Waals surface area contributed by atoms with Gasteiger partial charge in [0.05, 0.1) is 17.0 Å². The number of aromatic nitrogens is 1. The maximum absolute atomic E-state index is 10.3. The number of para-hydroxylation sites is 1. The van der Waals surface area contributed by atoms with Crippen molar-refractivity contribution in [1.29, 1.82) is 0 Å². The molecule has 5 nitrogen and oxygen atoms in total. The summed E-state index contributed by atoms with van der Waals surface area (Å²) in [5, 5.41) is 11.2. The molecule has 0 unspecified atom stereocenters. The number of nitrogens with zero attached hydrogens (tertiary/aromatic N) is 1. The third-order valence-corrected chi connectivity index (χ3v) is 2.38. The van der Waals surface area contributed by atoms with Crippen molar-refractivity contribution < 1.29 is 9.66 Å². The van der Waals surface area contributed by atoms with E-state index < -0.39 is 4.92 Å². The van der Waals surface area contributed by atoms with Gasteiger partial charge < -0.3 is 9.72 Å². The molecule has 0 atom stereocenters. The van der Waals surface area contributed by atoms with E-state index in [2.05, 4.69) is 4.98 Å². The quantitative estimate of drug-likeness (QED) is 0.651. The monoisotopic (exact) mass is 232 g/mol. The zero-order valence-corrected chi connectivity index (χ0v) is 9.34. The second-order valence-electron chi connectivity index (χ2n) is 3.46. The number of nitrogens with one attached hydrogen (secondary N) is 1. The van der Waals surface area contributed by atoms with Gasteiger partial charge in [-0.1, -0.05) is 12.1 Å². The molecule has 0 aliphatic carbocycles. The van der Waals surface area contributed by atoms with E-state index in [0.29, 0.717) is 6.61 Å². The lowest BCUT2D eigenvalue weighted by atomic mass is 10.1. The molecule has 1 N–H and O–H groups in total. The van der Waals surface area contributed by atoms with Crippen molar-refractivity contribution in [2.24, 2.45) is 0 Å². The van der Waals surface area contributed by atoms with Crippen molar-refractivity contribution in [3.63, 3.8) is 0 Å². The molecule has 5 heteroatoms. The van der Waals surface area contributed by atoms with E-state index in [9.17, 15) is 10.1 Å². The number of ether oxygens (including phenoxy) is 1. The molecule has 88 valence electrons. The summed E-state index contributed by atoms with van der Waals surface area (Å²) in [6, 6.07) is 5.63. The lowest BCUT2D eigenvalue weighted by Gasteiger charge is -2.03. The maximum Gasteiger partial charge on any atom is 0.235 e. The molecule has 0 aliphatic heterocycles. The molecule has 2 aromatic rings. The highest BCUT2D eigenvalue weighted by Crippen LogP contribution is 2.27. The Bertz CT molecular complexity index is 572.